The second-order valence-electron chi connectivity index (χ2n) is 4.87. The van der Waals surface area contributed by atoms with Crippen LogP contribution in [0.4, 0.5) is 10.1 Å². The van der Waals surface area contributed by atoms with Gasteiger partial charge in [-0.3, -0.25) is 14.3 Å². The third-order valence-corrected chi connectivity index (χ3v) is 3.18. The van der Waals surface area contributed by atoms with E-state index >= 15 is 0 Å². The quantitative estimate of drug-likeness (QED) is 0.883. The number of hydrogen-bond acceptors (Lipinski definition) is 3. The summed E-state index contributed by atoms with van der Waals surface area (Å²) in [6.07, 6.45) is 1.40. The molecule has 0 saturated heterocycles. The Morgan fingerprint density at radius 3 is 2.50 bits per heavy atom. The Balaban J connectivity index is 2.36. The summed E-state index contributed by atoms with van der Waals surface area (Å²) < 4.78 is 14.3. The molecule has 0 atom stereocenters. The highest BCUT2D eigenvalue weighted by molar-refractivity contribution is 6.08. The van der Waals surface area contributed by atoms with Gasteiger partial charge in [-0.25, -0.2) is 4.39 Å². The molecule has 1 aromatic heterocycles. The molecule has 0 spiro atoms. The van der Waals surface area contributed by atoms with Crippen molar-refractivity contribution in [2.45, 2.75) is 19.8 Å². The highest BCUT2D eigenvalue weighted by Crippen LogP contribution is 2.22. The number of benzene rings is 1. The van der Waals surface area contributed by atoms with Gasteiger partial charge in [-0.15, -0.1) is 0 Å². The number of carbonyl (C=O) groups excluding carboxylic acids is 2. The highest BCUT2D eigenvalue weighted by atomic mass is 19.1. The predicted octanol–water partition coefficient (Wildman–Crippen LogP) is 1.86. The van der Waals surface area contributed by atoms with Crippen LogP contribution in [0, 0.1) is 5.82 Å². The van der Waals surface area contributed by atoms with Gasteiger partial charge in [-0.05, 0) is 30.7 Å². The molecule has 22 heavy (non-hydrogen) atoms. The first kappa shape index (κ1) is 15.7. The molecule has 6 nitrogen and oxygen atoms in total. The minimum absolute atomic E-state index is 0.138. The number of aromatic nitrogens is 2. The van der Waals surface area contributed by atoms with Gasteiger partial charge < -0.3 is 11.1 Å². The molecule has 0 aliphatic heterocycles. The average Bonchev–Trinajstić information content (AvgIpc) is 2.76. The zero-order chi connectivity index (χ0) is 16.3. The first-order valence-corrected chi connectivity index (χ1v) is 6.86. The Kier molecular flexibility index (Phi) is 4.55. The monoisotopic (exact) mass is 304 g/mol. The Labute approximate surface area is 127 Å². The van der Waals surface area contributed by atoms with E-state index in [0.717, 1.165) is 6.42 Å². The molecule has 3 N–H and O–H groups in total. The van der Waals surface area contributed by atoms with Gasteiger partial charge >= 0.3 is 0 Å². The van der Waals surface area contributed by atoms with Gasteiger partial charge in [0.2, 0.25) is 0 Å². The summed E-state index contributed by atoms with van der Waals surface area (Å²) >= 11 is 0. The molecule has 2 aromatic rings. The molecule has 2 rings (SSSR count). The highest BCUT2D eigenvalue weighted by Gasteiger charge is 2.22. The van der Waals surface area contributed by atoms with Crippen LogP contribution in [0.25, 0.3) is 0 Å². The van der Waals surface area contributed by atoms with E-state index in [4.69, 9.17) is 5.73 Å². The normalized spacial score (nSPS) is 10.5. The Morgan fingerprint density at radius 2 is 1.95 bits per heavy atom. The summed E-state index contributed by atoms with van der Waals surface area (Å²) in [5.74, 6) is -1.55. The molecular weight excluding hydrogens is 287 g/mol. The van der Waals surface area contributed by atoms with E-state index in [1.165, 1.54) is 28.9 Å². The number of carbonyl (C=O) groups is 2. The van der Waals surface area contributed by atoms with Crippen molar-refractivity contribution in [2.75, 3.05) is 5.32 Å². The summed E-state index contributed by atoms with van der Waals surface area (Å²) in [5, 5.41) is 6.88. The van der Waals surface area contributed by atoms with Gasteiger partial charge in [0.1, 0.15) is 11.5 Å². The van der Waals surface area contributed by atoms with Crippen LogP contribution in [-0.4, -0.2) is 21.6 Å². The van der Waals surface area contributed by atoms with Gasteiger partial charge in [-0.2, -0.15) is 5.10 Å². The molecule has 2 amide bonds. The zero-order valence-electron chi connectivity index (χ0n) is 12.4. The number of amides is 2. The van der Waals surface area contributed by atoms with Gasteiger partial charge in [0, 0.05) is 12.6 Å². The SMILES string of the molecule is CCCc1nn(C)c(C(N)=O)c1NC(=O)c1ccc(F)cc1. The van der Waals surface area contributed by atoms with E-state index in [9.17, 15) is 14.0 Å². The van der Waals surface area contributed by atoms with Crippen LogP contribution < -0.4 is 11.1 Å². The minimum atomic E-state index is -0.674. The molecule has 0 saturated carbocycles. The lowest BCUT2D eigenvalue weighted by Gasteiger charge is -2.07. The van der Waals surface area contributed by atoms with Crippen molar-refractivity contribution in [1.29, 1.82) is 0 Å². The standard InChI is InChI=1S/C15H17FN4O2/c1-3-4-11-12(13(14(17)21)20(2)19-11)18-15(22)9-5-7-10(16)8-6-9/h5-8H,3-4H2,1-2H3,(H2,17,21)(H,18,22). The second-order valence-corrected chi connectivity index (χ2v) is 4.87. The number of anilines is 1. The fourth-order valence-electron chi connectivity index (χ4n) is 2.19. The van der Waals surface area contributed by atoms with Crippen molar-refractivity contribution in [3.05, 3.63) is 47.0 Å². The molecule has 7 heteroatoms. The minimum Gasteiger partial charge on any atom is -0.364 e. The van der Waals surface area contributed by atoms with Crippen molar-refractivity contribution in [2.24, 2.45) is 12.8 Å². The number of halogens is 1. The van der Waals surface area contributed by atoms with Crippen LogP contribution in [0.2, 0.25) is 0 Å². The van der Waals surface area contributed by atoms with E-state index in [-0.39, 0.29) is 11.3 Å². The molecule has 0 aliphatic carbocycles. The fraction of sp³-hybridized carbons (Fsp3) is 0.267. The first-order chi connectivity index (χ1) is 10.4. The predicted molar refractivity (Wildman–Crippen MR) is 80.1 cm³/mol. The lowest BCUT2D eigenvalue weighted by molar-refractivity contribution is 0.0992. The van der Waals surface area contributed by atoms with Crippen molar-refractivity contribution in [1.82, 2.24) is 9.78 Å². The van der Waals surface area contributed by atoms with Crippen LogP contribution in [-0.2, 0) is 13.5 Å². The maximum atomic E-state index is 12.9. The molecular formula is C15H17FN4O2. The number of aryl methyl sites for hydroxylation is 2. The molecule has 1 aromatic carbocycles. The smallest absolute Gasteiger partial charge is 0.269 e. The van der Waals surface area contributed by atoms with Gasteiger partial charge in [0.15, 0.2) is 0 Å². The molecule has 0 fully saturated rings. The van der Waals surface area contributed by atoms with E-state index in [1.807, 2.05) is 6.92 Å². The van der Waals surface area contributed by atoms with E-state index in [1.54, 1.807) is 7.05 Å². The van der Waals surface area contributed by atoms with Crippen LogP contribution in [0.15, 0.2) is 24.3 Å². The number of primary amides is 1. The largest absolute Gasteiger partial charge is 0.364 e. The van der Waals surface area contributed by atoms with E-state index in [2.05, 4.69) is 10.4 Å². The molecule has 0 unspecified atom stereocenters. The lowest BCUT2D eigenvalue weighted by atomic mass is 10.1. The third kappa shape index (κ3) is 3.13. The van der Waals surface area contributed by atoms with Crippen LogP contribution in [0.1, 0.15) is 39.9 Å². The summed E-state index contributed by atoms with van der Waals surface area (Å²) in [6.45, 7) is 1.96. The maximum absolute atomic E-state index is 12.9. The lowest BCUT2D eigenvalue weighted by Crippen LogP contribution is -2.20. The number of nitrogens with two attached hydrogens (primary N) is 1. The first-order valence-electron chi connectivity index (χ1n) is 6.86. The molecule has 0 radical (unpaired) electrons. The van der Waals surface area contributed by atoms with Gasteiger partial charge in [0.25, 0.3) is 11.8 Å². The Hall–Kier alpha value is -2.70. The maximum Gasteiger partial charge on any atom is 0.269 e. The number of rotatable bonds is 5. The zero-order valence-corrected chi connectivity index (χ0v) is 12.4. The summed E-state index contributed by atoms with van der Waals surface area (Å²) in [5.41, 5.74) is 6.68. The van der Waals surface area contributed by atoms with Gasteiger partial charge in [-0.1, -0.05) is 13.3 Å². The number of nitrogens with zero attached hydrogens (tertiary/aromatic N) is 2. The van der Waals surface area contributed by atoms with Crippen molar-refractivity contribution in [3.8, 4) is 0 Å². The summed E-state index contributed by atoms with van der Waals surface area (Å²) in [6, 6.07) is 5.12. The molecule has 1 heterocycles. The molecule has 116 valence electrons. The molecule has 0 bridgehead atoms. The number of nitrogens with one attached hydrogen (secondary N) is 1. The van der Waals surface area contributed by atoms with Crippen molar-refractivity contribution >= 4 is 17.5 Å². The van der Waals surface area contributed by atoms with E-state index in [0.29, 0.717) is 17.8 Å². The van der Waals surface area contributed by atoms with Crippen molar-refractivity contribution in [3.63, 3.8) is 0 Å². The Morgan fingerprint density at radius 1 is 1.32 bits per heavy atom. The summed E-state index contributed by atoms with van der Waals surface area (Å²) in [7, 11) is 1.59. The van der Waals surface area contributed by atoms with Gasteiger partial charge in [0.05, 0.1) is 11.4 Å². The van der Waals surface area contributed by atoms with Crippen LogP contribution in [0.3, 0.4) is 0 Å². The molecule has 0 aliphatic rings. The Bertz CT molecular complexity index is 707. The van der Waals surface area contributed by atoms with Crippen LogP contribution in [0.5, 0.6) is 0 Å². The average molecular weight is 304 g/mol. The van der Waals surface area contributed by atoms with E-state index < -0.39 is 17.6 Å². The second kappa shape index (κ2) is 6.38. The third-order valence-electron chi connectivity index (χ3n) is 3.18. The van der Waals surface area contributed by atoms with Crippen molar-refractivity contribution < 1.29 is 14.0 Å². The van der Waals surface area contributed by atoms with Crippen LogP contribution >= 0.6 is 0 Å². The number of hydrogen-bond donors (Lipinski definition) is 2. The summed E-state index contributed by atoms with van der Waals surface area (Å²) in [4.78, 5) is 23.8. The topological polar surface area (TPSA) is 90.0 Å². The fourth-order valence-corrected chi connectivity index (χ4v) is 2.19.